The average Bonchev–Trinajstić information content (AvgIpc) is 3.96. The van der Waals surface area contributed by atoms with Crippen LogP contribution >= 0.6 is 11.3 Å². The van der Waals surface area contributed by atoms with Crippen LogP contribution in [0.5, 0.6) is 0 Å². The molecule has 57 heavy (non-hydrogen) atoms. The lowest BCUT2D eigenvalue weighted by Gasteiger charge is -2.09. The topological polar surface area (TPSA) is 56.7 Å². The van der Waals surface area contributed by atoms with Crippen LogP contribution in [0.25, 0.3) is 115 Å². The van der Waals surface area contributed by atoms with E-state index in [4.69, 9.17) is 19.4 Å². The summed E-state index contributed by atoms with van der Waals surface area (Å²) in [7, 11) is 0. The van der Waals surface area contributed by atoms with Gasteiger partial charge < -0.3 is 8.98 Å². The van der Waals surface area contributed by atoms with Crippen LogP contribution in [0.4, 0.5) is 0 Å². The molecule has 12 rings (SSSR count). The Morgan fingerprint density at radius 3 is 1.72 bits per heavy atom. The van der Waals surface area contributed by atoms with E-state index >= 15 is 0 Å². The summed E-state index contributed by atoms with van der Waals surface area (Å²) in [6.45, 7) is 0. The van der Waals surface area contributed by atoms with Gasteiger partial charge in [0.15, 0.2) is 23.1 Å². The Hall–Kier alpha value is -7.41. The van der Waals surface area contributed by atoms with E-state index in [1.807, 2.05) is 60.7 Å². The van der Waals surface area contributed by atoms with Gasteiger partial charge in [0, 0.05) is 58.4 Å². The van der Waals surface area contributed by atoms with Gasteiger partial charge in [-0.05, 0) is 53.6 Å². The summed E-state index contributed by atoms with van der Waals surface area (Å²) in [6.07, 6.45) is 0. The summed E-state index contributed by atoms with van der Waals surface area (Å²) in [5.41, 5.74) is 10.3. The lowest BCUT2D eigenvalue weighted by molar-refractivity contribution is 0.666. The maximum absolute atomic E-state index is 6.82. The fraction of sp³-hybridized carbons (Fsp3) is 0. The molecule has 4 heterocycles. The van der Waals surface area contributed by atoms with Crippen molar-refractivity contribution in [1.29, 1.82) is 0 Å². The van der Waals surface area contributed by atoms with Gasteiger partial charge in [-0.2, -0.15) is 0 Å². The van der Waals surface area contributed by atoms with Crippen LogP contribution in [0.3, 0.4) is 0 Å². The van der Waals surface area contributed by atoms with Crippen molar-refractivity contribution in [1.82, 2.24) is 19.5 Å². The quantitative estimate of drug-likeness (QED) is 0.176. The molecule has 0 aliphatic heterocycles. The number of nitrogens with zero attached hydrogens (tertiary/aromatic N) is 4. The standard InChI is InChI=1S/C51H30N4OS/c1-3-14-31(15-4-1)49-52-50(32-16-5-2-6-17-32)54-51(53-49)39-23-11-21-37-40-30-33(28-29-45(40)57-48(37)39)34-20-13-27-44-46(34)38-22-12-26-43(47(38)56-44)55-41-24-9-7-18-35(41)36-19-8-10-25-42(36)55/h1-30H. The Kier molecular flexibility index (Phi) is 7.03. The van der Waals surface area contributed by atoms with Gasteiger partial charge in [-0.15, -0.1) is 11.3 Å². The molecule has 0 spiro atoms. The summed E-state index contributed by atoms with van der Waals surface area (Å²) < 4.78 is 11.5. The third-order valence-corrected chi connectivity index (χ3v) is 12.3. The molecule has 0 aliphatic rings. The summed E-state index contributed by atoms with van der Waals surface area (Å²) in [5, 5.41) is 7.04. The van der Waals surface area contributed by atoms with Gasteiger partial charge in [-0.25, -0.2) is 15.0 Å². The van der Waals surface area contributed by atoms with Crippen LogP contribution in [0.15, 0.2) is 186 Å². The van der Waals surface area contributed by atoms with Gasteiger partial charge in [-0.3, -0.25) is 0 Å². The minimum absolute atomic E-state index is 0.654. The molecule has 0 atom stereocenters. The predicted molar refractivity (Wildman–Crippen MR) is 236 cm³/mol. The van der Waals surface area contributed by atoms with E-state index in [9.17, 15) is 0 Å². The molecule has 0 unspecified atom stereocenters. The van der Waals surface area contributed by atoms with E-state index in [0.29, 0.717) is 17.5 Å². The Morgan fingerprint density at radius 1 is 0.421 bits per heavy atom. The molecular weight excluding hydrogens is 717 g/mol. The number of hydrogen-bond donors (Lipinski definition) is 0. The molecule has 6 heteroatoms. The van der Waals surface area contributed by atoms with Crippen LogP contribution < -0.4 is 0 Å². The molecule has 8 aromatic carbocycles. The Morgan fingerprint density at radius 2 is 1.00 bits per heavy atom. The fourth-order valence-electron chi connectivity index (χ4n) is 8.50. The second-order valence-corrected chi connectivity index (χ2v) is 15.4. The lowest BCUT2D eigenvalue weighted by Crippen LogP contribution is -2.00. The van der Waals surface area contributed by atoms with Crippen LogP contribution in [0.2, 0.25) is 0 Å². The van der Waals surface area contributed by atoms with E-state index in [0.717, 1.165) is 71.2 Å². The number of furan rings is 1. The zero-order chi connectivity index (χ0) is 37.5. The molecular formula is C51H30N4OS. The third-order valence-electron chi connectivity index (χ3n) is 11.1. The molecule has 0 saturated heterocycles. The number of fused-ring (bicyclic) bond motifs is 9. The Labute approximate surface area is 330 Å². The highest BCUT2D eigenvalue weighted by Crippen LogP contribution is 2.44. The van der Waals surface area contributed by atoms with Crippen LogP contribution in [-0.4, -0.2) is 19.5 Å². The van der Waals surface area contributed by atoms with Crippen molar-refractivity contribution in [2.45, 2.75) is 0 Å². The van der Waals surface area contributed by atoms with E-state index in [1.165, 1.54) is 26.2 Å². The normalized spacial score (nSPS) is 11.9. The van der Waals surface area contributed by atoms with Crippen molar-refractivity contribution >= 4 is 75.3 Å². The number of hydrogen-bond acceptors (Lipinski definition) is 5. The SMILES string of the molecule is c1ccc(-c2nc(-c3ccccc3)nc(-c3cccc4c3sc3ccc(-c5cccc6oc7c(-n8c9ccccc9c9ccccc98)cccc7c56)cc34)n2)cc1. The summed E-state index contributed by atoms with van der Waals surface area (Å²) >= 11 is 1.78. The van der Waals surface area contributed by atoms with Crippen molar-refractivity contribution in [2.75, 3.05) is 0 Å². The monoisotopic (exact) mass is 746 g/mol. The average molecular weight is 747 g/mol. The van der Waals surface area contributed by atoms with E-state index in [1.54, 1.807) is 11.3 Å². The molecule has 0 aliphatic carbocycles. The molecule has 0 saturated carbocycles. The Bertz CT molecular complexity index is 3420. The number of aromatic nitrogens is 4. The van der Waals surface area contributed by atoms with Crippen molar-refractivity contribution in [3.8, 4) is 51.0 Å². The number of benzene rings is 8. The summed E-state index contributed by atoms with van der Waals surface area (Å²) in [6, 6.07) is 63.7. The molecule has 0 amide bonds. The first kappa shape index (κ1) is 31.9. The largest absolute Gasteiger partial charge is 0.454 e. The van der Waals surface area contributed by atoms with Crippen LogP contribution in [0.1, 0.15) is 0 Å². The second kappa shape index (κ2) is 12.6. The zero-order valence-electron chi connectivity index (χ0n) is 30.4. The van der Waals surface area contributed by atoms with E-state index in [2.05, 4.69) is 126 Å². The molecule has 5 nitrogen and oxygen atoms in total. The first-order valence-corrected chi connectivity index (χ1v) is 19.8. The maximum Gasteiger partial charge on any atom is 0.165 e. The van der Waals surface area contributed by atoms with Gasteiger partial charge in [-0.1, -0.05) is 140 Å². The second-order valence-electron chi connectivity index (χ2n) is 14.3. The molecule has 4 aromatic heterocycles. The highest BCUT2D eigenvalue weighted by atomic mass is 32.1. The van der Waals surface area contributed by atoms with E-state index < -0.39 is 0 Å². The fourth-order valence-corrected chi connectivity index (χ4v) is 9.69. The first-order valence-electron chi connectivity index (χ1n) is 19.0. The van der Waals surface area contributed by atoms with Crippen molar-refractivity contribution < 1.29 is 4.42 Å². The van der Waals surface area contributed by atoms with E-state index in [-0.39, 0.29) is 0 Å². The van der Waals surface area contributed by atoms with Crippen molar-refractivity contribution in [3.05, 3.63) is 182 Å². The highest BCUT2D eigenvalue weighted by molar-refractivity contribution is 7.26. The van der Waals surface area contributed by atoms with Gasteiger partial charge in [0.1, 0.15) is 5.58 Å². The molecule has 12 aromatic rings. The van der Waals surface area contributed by atoms with Gasteiger partial charge >= 0.3 is 0 Å². The van der Waals surface area contributed by atoms with Gasteiger partial charge in [0.05, 0.1) is 16.7 Å². The molecule has 0 N–H and O–H groups in total. The van der Waals surface area contributed by atoms with Crippen LogP contribution in [0, 0.1) is 0 Å². The lowest BCUT2D eigenvalue weighted by atomic mass is 9.97. The first-order chi connectivity index (χ1) is 28.3. The molecule has 0 bridgehead atoms. The third kappa shape index (κ3) is 4.98. The molecule has 0 fully saturated rings. The predicted octanol–water partition coefficient (Wildman–Crippen LogP) is 13.9. The zero-order valence-corrected chi connectivity index (χ0v) is 31.2. The smallest absolute Gasteiger partial charge is 0.165 e. The Balaban J connectivity index is 1.03. The highest BCUT2D eigenvalue weighted by Gasteiger charge is 2.21. The number of para-hydroxylation sites is 3. The van der Waals surface area contributed by atoms with Gasteiger partial charge in [0.25, 0.3) is 0 Å². The minimum Gasteiger partial charge on any atom is -0.454 e. The van der Waals surface area contributed by atoms with Crippen molar-refractivity contribution in [2.24, 2.45) is 0 Å². The summed E-state index contributed by atoms with van der Waals surface area (Å²) in [4.78, 5) is 15.1. The molecule has 266 valence electrons. The number of rotatable bonds is 5. The maximum atomic E-state index is 6.82. The number of thiophene rings is 1. The molecule has 0 radical (unpaired) electrons. The van der Waals surface area contributed by atoms with Crippen LogP contribution in [-0.2, 0) is 0 Å². The minimum atomic E-state index is 0.654. The van der Waals surface area contributed by atoms with Gasteiger partial charge in [0.2, 0.25) is 0 Å². The summed E-state index contributed by atoms with van der Waals surface area (Å²) in [5.74, 6) is 1.97. The van der Waals surface area contributed by atoms with Crippen molar-refractivity contribution in [3.63, 3.8) is 0 Å².